The van der Waals surface area contributed by atoms with Gasteiger partial charge in [0.05, 0.1) is 0 Å². The average molecular weight is 259 g/mol. The van der Waals surface area contributed by atoms with Gasteiger partial charge in [0.1, 0.15) is 0 Å². The quantitative estimate of drug-likeness (QED) is 0.588. The lowest BCUT2D eigenvalue weighted by atomic mass is 9.67. The summed E-state index contributed by atoms with van der Waals surface area (Å²) in [6.45, 7) is 10.5. The Kier molecular flexibility index (Phi) is 4.65. The van der Waals surface area contributed by atoms with E-state index in [4.69, 9.17) is 0 Å². The van der Waals surface area contributed by atoms with Crippen LogP contribution in [0.15, 0.2) is 28.4 Å². The average Bonchev–Trinajstić information content (AvgIpc) is 2.66. The molecular formula is C18H29N. The lowest BCUT2D eigenvalue weighted by molar-refractivity contribution is 0.147. The van der Waals surface area contributed by atoms with Crippen molar-refractivity contribution in [1.29, 1.82) is 0 Å². The van der Waals surface area contributed by atoms with E-state index in [2.05, 4.69) is 38.6 Å². The van der Waals surface area contributed by atoms with Gasteiger partial charge in [-0.25, -0.2) is 0 Å². The Morgan fingerprint density at radius 3 is 2.58 bits per heavy atom. The molecule has 2 aliphatic carbocycles. The maximum Gasteiger partial charge on any atom is 0.0263 e. The molecule has 1 nitrogen and oxygen atoms in total. The third-order valence-corrected chi connectivity index (χ3v) is 5.11. The van der Waals surface area contributed by atoms with Crippen LogP contribution in [-0.4, -0.2) is 6.72 Å². The summed E-state index contributed by atoms with van der Waals surface area (Å²) in [4.78, 5) is 3.85. The van der Waals surface area contributed by atoms with E-state index in [0.29, 0.717) is 5.41 Å². The van der Waals surface area contributed by atoms with Gasteiger partial charge < -0.3 is 0 Å². The van der Waals surface area contributed by atoms with E-state index >= 15 is 0 Å². The van der Waals surface area contributed by atoms with Gasteiger partial charge in [-0.05, 0) is 87.5 Å². The van der Waals surface area contributed by atoms with Crippen molar-refractivity contribution in [3.8, 4) is 0 Å². The van der Waals surface area contributed by atoms with Gasteiger partial charge in [-0.2, -0.15) is 0 Å². The molecule has 1 heteroatoms. The van der Waals surface area contributed by atoms with Crippen LogP contribution < -0.4 is 0 Å². The van der Waals surface area contributed by atoms with E-state index < -0.39 is 0 Å². The van der Waals surface area contributed by atoms with Gasteiger partial charge in [0.15, 0.2) is 0 Å². The molecule has 0 aromatic rings. The fraction of sp³-hybridized carbons (Fsp3) is 0.722. The van der Waals surface area contributed by atoms with Crippen LogP contribution in [-0.2, 0) is 0 Å². The number of hydrogen-bond donors (Lipinski definition) is 0. The van der Waals surface area contributed by atoms with Crippen molar-refractivity contribution in [2.75, 3.05) is 0 Å². The van der Waals surface area contributed by atoms with Crippen LogP contribution in [0.5, 0.6) is 0 Å². The summed E-state index contributed by atoms with van der Waals surface area (Å²) >= 11 is 0. The fourth-order valence-electron chi connectivity index (χ4n) is 4.18. The molecule has 2 aliphatic rings. The van der Waals surface area contributed by atoms with E-state index in [-0.39, 0.29) is 0 Å². The third-order valence-electron chi connectivity index (χ3n) is 5.11. The minimum Gasteiger partial charge on any atom is -0.273 e. The maximum absolute atomic E-state index is 3.85. The van der Waals surface area contributed by atoms with Gasteiger partial charge in [-0.3, -0.25) is 4.99 Å². The summed E-state index contributed by atoms with van der Waals surface area (Å²) in [6, 6.07) is 0. The van der Waals surface area contributed by atoms with Crippen LogP contribution >= 0.6 is 0 Å². The minimum absolute atomic E-state index is 0.596. The van der Waals surface area contributed by atoms with Crippen molar-refractivity contribution >= 4 is 6.72 Å². The highest BCUT2D eigenvalue weighted by Crippen LogP contribution is 2.53. The normalized spacial score (nSPS) is 31.9. The first-order valence-electron chi connectivity index (χ1n) is 7.86. The van der Waals surface area contributed by atoms with Crippen LogP contribution in [0.1, 0.15) is 65.7 Å². The number of aliphatic imine (C=N–C) groups is 1. The van der Waals surface area contributed by atoms with E-state index in [1.165, 1.54) is 50.5 Å². The van der Waals surface area contributed by atoms with E-state index in [1.54, 1.807) is 5.57 Å². The van der Waals surface area contributed by atoms with E-state index in [9.17, 15) is 0 Å². The molecule has 0 aromatic heterocycles. The SMILES string of the molecule is C=N/C=C\C1=C(C)CC2(CCC(CC(C)C)CC2)C1. The molecule has 106 valence electrons. The Morgan fingerprint density at radius 2 is 2.00 bits per heavy atom. The predicted molar refractivity (Wildman–Crippen MR) is 84.5 cm³/mol. The first-order chi connectivity index (χ1) is 9.04. The molecule has 0 unspecified atom stereocenters. The van der Waals surface area contributed by atoms with Crippen molar-refractivity contribution in [3.05, 3.63) is 23.4 Å². The predicted octanol–water partition coefficient (Wildman–Crippen LogP) is 5.53. The van der Waals surface area contributed by atoms with Crippen molar-refractivity contribution < 1.29 is 0 Å². The van der Waals surface area contributed by atoms with E-state index in [0.717, 1.165) is 11.8 Å². The Balaban J connectivity index is 1.92. The zero-order chi connectivity index (χ0) is 13.9. The first kappa shape index (κ1) is 14.6. The Hall–Kier alpha value is -0.850. The van der Waals surface area contributed by atoms with Gasteiger partial charge >= 0.3 is 0 Å². The number of nitrogens with zero attached hydrogens (tertiary/aromatic N) is 1. The Morgan fingerprint density at radius 1 is 1.32 bits per heavy atom. The second-order valence-corrected chi connectivity index (χ2v) is 7.23. The lowest BCUT2D eigenvalue weighted by Gasteiger charge is -2.38. The zero-order valence-electron chi connectivity index (χ0n) is 12.9. The van der Waals surface area contributed by atoms with Crippen molar-refractivity contribution in [1.82, 2.24) is 0 Å². The van der Waals surface area contributed by atoms with Crippen molar-refractivity contribution in [3.63, 3.8) is 0 Å². The molecule has 0 atom stereocenters. The molecule has 0 aliphatic heterocycles. The van der Waals surface area contributed by atoms with Crippen LogP contribution in [0.25, 0.3) is 0 Å². The summed E-state index contributed by atoms with van der Waals surface area (Å²) in [7, 11) is 0. The summed E-state index contributed by atoms with van der Waals surface area (Å²) in [5, 5.41) is 0. The first-order valence-corrected chi connectivity index (χ1v) is 7.86. The van der Waals surface area contributed by atoms with Crippen LogP contribution in [0.3, 0.4) is 0 Å². The molecule has 1 spiro atoms. The van der Waals surface area contributed by atoms with Crippen LogP contribution in [0, 0.1) is 17.3 Å². The number of allylic oxidation sites excluding steroid dienone is 3. The molecule has 1 fully saturated rings. The molecule has 0 amide bonds. The highest BCUT2D eigenvalue weighted by Gasteiger charge is 2.39. The third kappa shape index (κ3) is 3.58. The van der Waals surface area contributed by atoms with Crippen molar-refractivity contribution in [2.45, 2.75) is 65.7 Å². The molecular weight excluding hydrogens is 230 g/mol. The lowest BCUT2D eigenvalue weighted by Crippen LogP contribution is -2.26. The highest BCUT2D eigenvalue weighted by molar-refractivity contribution is 5.34. The zero-order valence-corrected chi connectivity index (χ0v) is 12.9. The molecule has 19 heavy (non-hydrogen) atoms. The number of rotatable bonds is 4. The molecule has 0 bridgehead atoms. The maximum atomic E-state index is 3.85. The summed E-state index contributed by atoms with van der Waals surface area (Å²) in [6.07, 6.45) is 13.8. The number of hydrogen-bond acceptors (Lipinski definition) is 1. The largest absolute Gasteiger partial charge is 0.273 e. The van der Waals surface area contributed by atoms with Gasteiger partial charge in [-0.1, -0.05) is 19.4 Å². The second-order valence-electron chi connectivity index (χ2n) is 7.23. The van der Waals surface area contributed by atoms with E-state index in [1.807, 2.05) is 6.20 Å². The molecule has 2 rings (SSSR count). The summed E-state index contributed by atoms with van der Waals surface area (Å²) in [5.41, 5.74) is 3.70. The monoisotopic (exact) mass is 259 g/mol. The molecule has 1 saturated carbocycles. The van der Waals surface area contributed by atoms with Crippen LogP contribution in [0.2, 0.25) is 0 Å². The standard InChI is InChI=1S/C18H29N/c1-14(2)11-16-5-8-18(9-6-16)12-15(3)17(13-18)7-10-19-4/h7,10,14,16H,4-6,8-9,11-13H2,1-3H3/b10-7-. The fourth-order valence-corrected chi connectivity index (χ4v) is 4.18. The Bertz CT molecular complexity index is 378. The van der Waals surface area contributed by atoms with Gasteiger partial charge in [0.25, 0.3) is 0 Å². The van der Waals surface area contributed by atoms with Gasteiger partial charge in [-0.15, -0.1) is 0 Å². The van der Waals surface area contributed by atoms with Crippen molar-refractivity contribution in [2.24, 2.45) is 22.2 Å². The Labute approximate surface area is 118 Å². The van der Waals surface area contributed by atoms with Gasteiger partial charge in [0, 0.05) is 6.20 Å². The molecule has 0 radical (unpaired) electrons. The molecule has 0 aromatic carbocycles. The smallest absolute Gasteiger partial charge is 0.0263 e. The topological polar surface area (TPSA) is 12.4 Å². The molecule has 0 N–H and O–H groups in total. The summed E-state index contributed by atoms with van der Waals surface area (Å²) < 4.78 is 0. The van der Waals surface area contributed by atoms with Gasteiger partial charge in [0.2, 0.25) is 0 Å². The summed E-state index contributed by atoms with van der Waals surface area (Å²) in [5.74, 6) is 1.85. The highest BCUT2D eigenvalue weighted by atomic mass is 14.6. The molecule has 0 saturated heterocycles. The van der Waals surface area contributed by atoms with Crippen LogP contribution in [0.4, 0.5) is 0 Å². The molecule has 0 heterocycles. The minimum atomic E-state index is 0.596. The second kappa shape index (κ2) is 6.07.